The molecule has 0 unspecified atom stereocenters. The molecule has 36 heavy (non-hydrogen) atoms. The summed E-state index contributed by atoms with van der Waals surface area (Å²) in [7, 11) is 0. The van der Waals surface area contributed by atoms with Crippen molar-refractivity contribution in [2.24, 2.45) is 0 Å². The molecule has 6 heteroatoms. The fourth-order valence-electron chi connectivity index (χ4n) is 4.60. The van der Waals surface area contributed by atoms with Gasteiger partial charge in [-0.05, 0) is 54.7 Å². The smallest absolute Gasteiger partial charge is 0.253 e. The van der Waals surface area contributed by atoms with Gasteiger partial charge in [-0.15, -0.1) is 0 Å². The molecule has 2 amide bonds. The number of amides is 2. The summed E-state index contributed by atoms with van der Waals surface area (Å²) < 4.78 is 13.3. The van der Waals surface area contributed by atoms with Crippen molar-refractivity contribution in [2.75, 3.05) is 39.3 Å². The summed E-state index contributed by atoms with van der Waals surface area (Å²) in [5, 5.41) is 0. The number of aryl methyl sites for hydroxylation is 1. The fourth-order valence-corrected chi connectivity index (χ4v) is 4.60. The molecule has 0 spiro atoms. The molecule has 0 aromatic heterocycles. The van der Waals surface area contributed by atoms with Crippen LogP contribution in [0.3, 0.4) is 0 Å². The van der Waals surface area contributed by atoms with Crippen LogP contribution in [0, 0.1) is 5.82 Å². The lowest BCUT2D eigenvalue weighted by Gasteiger charge is -2.36. The largest absolute Gasteiger partial charge is 0.337 e. The maximum Gasteiger partial charge on any atom is 0.253 e. The van der Waals surface area contributed by atoms with Gasteiger partial charge >= 0.3 is 0 Å². The van der Waals surface area contributed by atoms with Gasteiger partial charge in [-0.1, -0.05) is 57.4 Å². The van der Waals surface area contributed by atoms with Crippen molar-refractivity contribution in [1.82, 2.24) is 14.7 Å². The van der Waals surface area contributed by atoms with Gasteiger partial charge in [-0.2, -0.15) is 0 Å². The number of hydrogen-bond acceptors (Lipinski definition) is 3. The van der Waals surface area contributed by atoms with Crippen molar-refractivity contribution in [3.63, 3.8) is 0 Å². The van der Waals surface area contributed by atoms with Gasteiger partial charge in [0.25, 0.3) is 5.91 Å². The molecule has 1 saturated heterocycles. The molecule has 1 heterocycles. The van der Waals surface area contributed by atoms with Crippen molar-refractivity contribution >= 4 is 11.8 Å². The Balaban J connectivity index is 1.49. The maximum absolute atomic E-state index is 13.3. The summed E-state index contributed by atoms with van der Waals surface area (Å²) in [6, 6.07) is 14.5. The zero-order valence-electron chi connectivity index (χ0n) is 22.1. The van der Waals surface area contributed by atoms with Gasteiger partial charge in [0.2, 0.25) is 5.91 Å². The number of rotatable bonds is 13. The molecule has 1 aliphatic heterocycles. The predicted octanol–water partition coefficient (Wildman–Crippen LogP) is 5.54. The first-order valence-electron chi connectivity index (χ1n) is 13.6. The van der Waals surface area contributed by atoms with Gasteiger partial charge in [0.05, 0.1) is 0 Å². The Morgan fingerprint density at radius 3 is 2.11 bits per heavy atom. The van der Waals surface area contributed by atoms with E-state index < -0.39 is 0 Å². The third-order valence-electron chi connectivity index (χ3n) is 7.00. The summed E-state index contributed by atoms with van der Waals surface area (Å²) in [6.45, 7) is 9.21. The Morgan fingerprint density at radius 2 is 1.47 bits per heavy atom. The van der Waals surface area contributed by atoms with Crippen LogP contribution in [0.4, 0.5) is 4.39 Å². The molecular formula is C30H42FN3O2. The third kappa shape index (κ3) is 8.74. The quantitative estimate of drug-likeness (QED) is 0.343. The van der Waals surface area contributed by atoms with Gasteiger partial charge in [-0.25, -0.2) is 4.39 Å². The first-order valence-corrected chi connectivity index (χ1v) is 13.6. The third-order valence-corrected chi connectivity index (χ3v) is 7.00. The number of hydrogen-bond donors (Lipinski definition) is 0. The van der Waals surface area contributed by atoms with E-state index in [1.54, 1.807) is 12.1 Å². The second-order valence-electron chi connectivity index (χ2n) is 9.83. The van der Waals surface area contributed by atoms with Crippen LogP contribution in [0.5, 0.6) is 0 Å². The second kappa shape index (κ2) is 14.7. The number of halogens is 1. The van der Waals surface area contributed by atoms with Gasteiger partial charge < -0.3 is 9.80 Å². The summed E-state index contributed by atoms with van der Waals surface area (Å²) in [4.78, 5) is 32.1. The Kier molecular flexibility index (Phi) is 11.4. The van der Waals surface area contributed by atoms with Crippen LogP contribution in [-0.2, 0) is 17.8 Å². The monoisotopic (exact) mass is 495 g/mol. The number of carbonyl (C=O) groups excluding carboxylic acids is 2. The molecule has 5 nitrogen and oxygen atoms in total. The number of benzene rings is 2. The number of piperazine rings is 1. The zero-order chi connectivity index (χ0) is 25.8. The highest BCUT2D eigenvalue weighted by Gasteiger charge is 2.23. The topological polar surface area (TPSA) is 43.9 Å². The maximum atomic E-state index is 13.3. The normalized spacial score (nSPS) is 14.1. The summed E-state index contributed by atoms with van der Waals surface area (Å²) in [5.41, 5.74) is 2.98. The van der Waals surface area contributed by atoms with E-state index in [9.17, 15) is 14.0 Å². The van der Waals surface area contributed by atoms with E-state index in [0.717, 1.165) is 56.4 Å². The van der Waals surface area contributed by atoms with E-state index in [0.29, 0.717) is 32.6 Å². The Hall–Kier alpha value is -2.73. The van der Waals surface area contributed by atoms with Gasteiger partial charge in [-0.3, -0.25) is 14.5 Å². The summed E-state index contributed by atoms with van der Waals surface area (Å²) in [6.07, 6.45) is 6.97. The first kappa shape index (κ1) is 27.9. The Bertz CT molecular complexity index is 938. The van der Waals surface area contributed by atoms with E-state index in [1.165, 1.54) is 30.5 Å². The van der Waals surface area contributed by atoms with Crippen LogP contribution >= 0.6 is 0 Å². The lowest BCUT2D eigenvalue weighted by molar-refractivity contribution is -0.132. The van der Waals surface area contributed by atoms with E-state index in [4.69, 9.17) is 0 Å². The van der Waals surface area contributed by atoms with Gasteiger partial charge in [0.1, 0.15) is 5.82 Å². The standard InChI is InChI=1S/C30H42FN3O2/c1-3-5-7-9-29(35)34(24-26-12-16-28(31)17-13-26)23-20-32-18-21-33(22-19-32)30(36)27-14-10-25(11-15-27)8-6-4-2/h10-17H,3-9,18-24H2,1-2H3. The number of nitrogens with zero attached hydrogens (tertiary/aromatic N) is 3. The second-order valence-corrected chi connectivity index (χ2v) is 9.83. The van der Waals surface area contributed by atoms with Crippen LogP contribution in [0.25, 0.3) is 0 Å². The van der Waals surface area contributed by atoms with Gasteiger partial charge in [0.15, 0.2) is 0 Å². The number of unbranched alkanes of at least 4 members (excludes halogenated alkanes) is 3. The molecule has 0 radical (unpaired) electrons. The highest BCUT2D eigenvalue weighted by Crippen LogP contribution is 2.14. The average Bonchev–Trinajstić information content (AvgIpc) is 2.91. The SMILES string of the molecule is CCCCCC(=O)N(CCN1CCN(C(=O)c2ccc(CCCC)cc2)CC1)Cc1ccc(F)cc1. The lowest BCUT2D eigenvalue weighted by atomic mass is 10.1. The molecular weight excluding hydrogens is 453 g/mol. The molecule has 0 N–H and O–H groups in total. The van der Waals surface area contributed by atoms with E-state index in [1.807, 2.05) is 21.9 Å². The lowest BCUT2D eigenvalue weighted by Crippen LogP contribution is -2.50. The molecule has 0 atom stereocenters. The Morgan fingerprint density at radius 1 is 0.833 bits per heavy atom. The van der Waals surface area contributed by atoms with E-state index >= 15 is 0 Å². The average molecular weight is 496 g/mol. The molecule has 196 valence electrons. The number of carbonyl (C=O) groups is 2. The first-order chi connectivity index (χ1) is 17.5. The van der Waals surface area contributed by atoms with Crippen LogP contribution in [-0.4, -0.2) is 65.8 Å². The molecule has 1 fully saturated rings. The zero-order valence-corrected chi connectivity index (χ0v) is 22.1. The summed E-state index contributed by atoms with van der Waals surface area (Å²) in [5.74, 6) is -0.0101. The minimum Gasteiger partial charge on any atom is -0.337 e. The molecule has 0 saturated carbocycles. The highest BCUT2D eigenvalue weighted by atomic mass is 19.1. The van der Waals surface area contributed by atoms with Crippen molar-refractivity contribution < 1.29 is 14.0 Å². The summed E-state index contributed by atoms with van der Waals surface area (Å²) >= 11 is 0. The molecule has 0 bridgehead atoms. The molecule has 1 aliphatic rings. The van der Waals surface area contributed by atoms with Crippen LogP contribution < -0.4 is 0 Å². The van der Waals surface area contributed by atoms with Crippen LogP contribution in [0.1, 0.15) is 73.9 Å². The van der Waals surface area contributed by atoms with Gasteiger partial charge in [0, 0.05) is 57.8 Å². The molecule has 0 aliphatic carbocycles. The van der Waals surface area contributed by atoms with Crippen molar-refractivity contribution in [3.8, 4) is 0 Å². The fraction of sp³-hybridized carbons (Fsp3) is 0.533. The minimum atomic E-state index is -0.264. The van der Waals surface area contributed by atoms with E-state index in [2.05, 4.69) is 30.9 Å². The van der Waals surface area contributed by atoms with Crippen molar-refractivity contribution in [1.29, 1.82) is 0 Å². The highest BCUT2D eigenvalue weighted by molar-refractivity contribution is 5.94. The predicted molar refractivity (Wildman–Crippen MR) is 143 cm³/mol. The minimum absolute atomic E-state index is 0.0979. The molecule has 2 aromatic carbocycles. The van der Waals surface area contributed by atoms with Crippen LogP contribution in [0.2, 0.25) is 0 Å². The molecule has 2 aromatic rings. The van der Waals surface area contributed by atoms with E-state index in [-0.39, 0.29) is 17.6 Å². The van der Waals surface area contributed by atoms with Crippen molar-refractivity contribution in [2.45, 2.75) is 65.3 Å². The van der Waals surface area contributed by atoms with Crippen molar-refractivity contribution in [3.05, 3.63) is 71.0 Å². The molecule has 3 rings (SSSR count). The Labute approximate surface area is 216 Å². The van der Waals surface area contributed by atoms with Crippen LogP contribution in [0.15, 0.2) is 48.5 Å².